The van der Waals surface area contributed by atoms with Gasteiger partial charge in [0.05, 0.1) is 6.61 Å². The average molecular weight is 244 g/mol. The Morgan fingerprint density at radius 3 is 2.71 bits per heavy atom. The molecule has 1 aromatic rings. The predicted octanol–water partition coefficient (Wildman–Crippen LogP) is -3.17. The van der Waals surface area contributed by atoms with E-state index in [1.165, 1.54) is 0 Å². The number of nitrogens with zero attached hydrogens (tertiary/aromatic N) is 3. The van der Waals surface area contributed by atoms with Crippen molar-refractivity contribution in [2.75, 3.05) is 12.3 Å². The minimum absolute atomic E-state index is 0.196. The number of hydrogen-bond donors (Lipinski definition) is 4. The Labute approximate surface area is 95.1 Å². The zero-order chi connectivity index (χ0) is 12.6. The van der Waals surface area contributed by atoms with Crippen LogP contribution in [0.25, 0.3) is 0 Å². The molecule has 0 bridgehead atoms. The summed E-state index contributed by atoms with van der Waals surface area (Å²) in [6.07, 6.45) is -3.67. The molecular formula is C8H12N4O5. The molecule has 5 N–H and O–H groups in total. The van der Waals surface area contributed by atoms with Crippen molar-refractivity contribution in [1.82, 2.24) is 14.5 Å². The van der Waals surface area contributed by atoms with Crippen LogP contribution in [-0.4, -0.2) is 54.8 Å². The van der Waals surface area contributed by atoms with Crippen molar-refractivity contribution in [2.45, 2.75) is 24.5 Å². The van der Waals surface area contributed by atoms with Gasteiger partial charge in [0.25, 0.3) is 0 Å². The fourth-order valence-electron chi connectivity index (χ4n) is 1.64. The van der Waals surface area contributed by atoms with Crippen molar-refractivity contribution in [2.24, 2.45) is 0 Å². The molecule has 9 heteroatoms. The van der Waals surface area contributed by atoms with E-state index in [1.807, 2.05) is 0 Å². The molecule has 0 aliphatic carbocycles. The van der Waals surface area contributed by atoms with E-state index in [0.717, 1.165) is 10.9 Å². The first kappa shape index (κ1) is 11.9. The van der Waals surface area contributed by atoms with Gasteiger partial charge < -0.3 is 25.8 Å². The lowest BCUT2D eigenvalue weighted by atomic mass is 10.1. The highest BCUT2D eigenvalue weighted by Crippen LogP contribution is 2.27. The smallest absolute Gasteiger partial charge is 0.354 e. The van der Waals surface area contributed by atoms with Crippen LogP contribution < -0.4 is 11.4 Å². The largest absolute Gasteiger partial charge is 0.394 e. The lowest BCUT2D eigenvalue weighted by Crippen LogP contribution is -2.36. The molecule has 1 fully saturated rings. The second-order valence-electron chi connectivity index (χ2n) is 3.63. The summed E-state index contributed by atoms with van der Waals surface area (Å²) in [5.41, 5.74) is 4.46. The van der Waals surface area contributed by atoms with Gasteiger partial charge in [-0.2, -0.15) is 4.98 Å². The SMILES string of the molecule is Nc1ncn(C2O[C@H](CO)C(O)[C@H]2O)c(=O)n1. The van der Waals surface area contributed by atoms with E-state index in [2.05, 4.69) is 9.97 Å². The fourth-order valence-corrected chi connectivity index (χ4v) is 1.64. The van der Waals surface area contributed by atoms with Gasteiger partial charge in [0, 0.05) is 0 Å². The highest BCUT2D eigenvalue weighted by Gasteiger charge is 2.43. The van der Waals surface area contributed by atoms with Gasteiger partial charge in [-0.25, -0.2) is 9.78 Å². The van der Waals surface area contributed by atoms with Crippen LogP contribution >= 0.6 is 0 Å². The Bertz CT molecular complexity index is 463. The molecule has 0 aromatic carbocycles. The van der Waals surface area contributed by atoms with Crippen molar-refractivity contribution < 1.29 is 20.1 Å². The minimum Gasteiger partial charge on any atom is -0.394 e. The van der Waals surface area contributed by atoms with Crippen molar-refractivity contribution >= 4 is 5.95 Å². The summed E-state index contributed by atoms with van der Waals surface area (Å²) in [5, 5.41) is 28.1. The second-order valence-corrected chi connectivity index (χ2v) is 3.63. The van der Waals surface area contributed by atoms with E-state index in [1.54, 1.807) is 0 Å². The summed E-state index contributed by atoms with van der Waals surface area (Å²) >= 11 is 0. The number of aliphatic hydroxyl groups is 3. The number of aromatic nitrogens is 3. The molecule has 9 nitrogen and oxygen atoms in total. The molecule has 0 radical (unpaired) electrons. The maximum absolute atomic E-state index is 11.5. The van der Waals surface area contributed by atoms with Crippen LogP contribution in [0.3, 0.4) is 0 Å². The molecule has 1 aromatic heterocycles. The molecule has 1 aliphatic rings. The van der Waals surface area contributed by atoms with Crippen molar-refractivity contribution in [1.29, 1.82) is 0 Å². The van der Waals surface area contributed by atoms with Crippen molar-refractivity contribution in [3.63, 3.8) is 0 Å². The van der Waals surface area contributed by atoms with E-state index in [-0.39, 0.29) is 5.95 Å². The van der Waals surface area contributed by atoms with Gasteiger partial charge in [-0.15, -0.1) is 0 Å². The summed E-state index contributed by atoms with van der Waals surface area (Å²) < 4.78 is 6.04. The molecule has 1 saturated heterocycles. The standard InChI is InChI=1S/C8H12N4O5/c9-7-10-2-12(8(16)11-7)6-5(15)4(14)3(1-13)17-6/h2-6,13-15H,1H2,(H2,9,11,16)/t3-,4?,5-,6?/m1/s1. The fraction of sp³-hybridized carbons (Fsp3) is 0.625. The maximum Gasteiger partial charge on any atom is 0.354 e. The van der Waals surface area contributed by atoms with Gasteiger partial charge in [-0.1, -0.05) is 0 Å². The predicted molar refractivity (Wildman–Crippen MR) is 53.7 cm³/mol. The van der Waals surface area contributed by atoms with Gasteiger partial charge in [0.1, 0.15) is 24.6 Å². The van der Waals surface area contributed by atoms with Crippen LogP contribution in [-0.2, 0) is 4.74 Å². The van der Waals surface area contributed by atoms with Gasteiger partial charge in [0.15, 0.2) is 6.23 Å². The Morgan fingerprint density at radius 1 is 1.47 bits per heavy atom. The second kappa shape index (κ2) is 4.37. The highest BCUT2D eigenvalue weighted by atomic mass is 16.6. The van der Waals surface area contributed by atoms with E-state index in [0.29, 0.717) is 0 Å². The molecule has 2 unspecified atom stereocenters. The summed E-state index contributed by atoms with van der Waals surface area (Å²) in [5.74, 6) is -0.196. The highest BCUT2D eigenvalue weighted by molar-refractivity contribution is 5.10. The molecule has 2 heterocycles. The Morgan fingerprint density at radius 2 is 2.18 bits per heavy atom. The van der Waals surface area contributed by atoms with Gasteiger partial charge in [-0.05, 0) is 0 Å². The van der Waals surface area contributed by atoms with Crippen LogP contribution in [0, 0.1) is 0 Å². The maximum atomic E-state index is 11.5. The zero-order valence-corrected chi connectivity index (χ0v) is 8.67. The molecule has 1 aliphatic heterocycles. The first-order valence-electron chi connectivity index (χ1n) is 4.87. The lowest BCUT2D eigenvalue weighted by Gasteiger charge is -2.16. The molecule has 0 spiro atoms. The van der Waals surface area contributed by atoms with Crippen LogP contribution in [0.4, 0.5) is 5.95 Å². The monoisotopic (exact) mass is 244 g/mol. The van der Waals surface area contributed by atoms with E-state index >= 15 is 0 Å². The van der Waals surface area contributed by atoms with Gasteiger partial charge in [0.2, 0.25) is 5.95 Å². The average Bonchev–Trinajstić information content (AvgIpc) is 2.57. The number of aliphatic hydroxyl groups excluding tert-OH is 3. The number of hydrogen-bond acceptors (Lipinski definition) is 8. The third-order valence-corrected chi connectivity index (χ3v) is 2.54. The first-order chi connectivity index (χ1) is 8.04. The van der Waals surface area contributed by atoms with Crippen LogP contribution in [0.2, 0.25) is 0 Å². The molecule has 94 valence electrons. The zero-order valence-electron chi connectivity index (χ0n) is 8.67. The Kier molecular flexibility index (Phi) is 3.07. The Balaban J connectivity index is 2.32. The number of nitrogen functional groups attached to an aromatic ring is 1. The van der Waals surface area contributed by atoms with Crippen molar-refractivity contribution in [3.8, 4) is 0 Å². The first-order valence-corrected chi connectivity index (χ1v) is 4.87. The van der Waals surface area contributed by atoms with E-state index in [9.17, 15) is 15.0 Å². The van der Waals surface area contributed by atoms with Crippen LogP contribution in [0.15, 0.2) is 11.1 Å². The molecule has 0 saturated carbocycles. The summed E-state index contributed by atoms with van der Waals surface area (Å²) in [6, 6.07) is 0. The summed E-state index contributed by atoms with van der Waals surface area (Å²) in [7, 11) is 0. The third-order valence-electron chi connectivity index (χ3n) is 2.54. The van der Waals surface area contributed by atoms with Crippen LogP contribution in [0.1, 0.15) is 6.23 Å². The number of anilines is 1. The van der Waals surface area contributed by atoms with E-state index < -0.39 is 36.8 Å². The summed E-state index contributed by atoms with van der Waals surface area (Å²) in [4.78, 5) is 18.4. The van der Waals surface area contributed by atoms with Crippen molar-refractivity contribution in [3.05, 3.63) is 16.8 Å². The molecule has 17 heavy (non-hydrogen) atoms. The van der Waals surface area contributed by atoms with Crippen LogP contribution in [0.5, 0.6) is 0 Å². The third kappa shape index (κ3) is 2.00. The molecule has 4 atom stereocenters. The number of rotatable bonds is 2. The number of ether oxygens (including phenoxy) is 1. The topological polar surface area (TPSA) is 144 Å². The lowest BCUT2D eigenvalue weighted by molar-refractivity contribution is -0.0554. The Hall–Kier alpha value is -1.55. The van der Waals surface area contributed by atoms with E-state index in [4.69, 9.17) is 15.6 Å². The normalized spacial score (nSPS) is 32.9. The molecule has 2 rings (SSSR count). The van der Waals surface area contributed by atoms with Gasteiger partial charge >= 0.3 is 5.69 Å². The number of nitrogens with two attached hydrogens (primary N) is 1. The van der Waals surface area contributed by atoms with Gasteiger partial charge in [-0.3, -0.25) is 4.57 Å². The summed E-state index contributed by atoms with van der Waals surface area (Å²) in [6.45, 7) is -0.473. The minimum atomic E-state index is -1.35. The molecule has 0 amide bonds. The molecular weight excluding hydrogens is 232 g/mol. The quantitative estimate of drug-likeness (QED) is 0.426.